The Labute approximate surface area is 195 Å². The van der Waals surface area contributed by atoms with Crippen LogP contribution in [-0.4, -0.2) is 66.2 Å². The van der Waals surface area contributed by atoms with Crippen LogP contribution in [0.3, 0.4) is 0 Å². The van der Waals surface area contributed by atoms with Crippen LogP contribution in [0.1, 0.15) is 24.8 Å². The molecule has 33 heavy (non-hydrogen) atoms. The lowest BCUT2D eigenvalue weighted by Gasteiger charge is -2.32. The van der Waals surface area contributed by atoms with Gasteiger partial charge in [0.05, 0.1) is 5.56 Å². The predicted molar refractivity (Wildman–Crippen MR) is 129 cm³/mol. The number of hydrogen-bond acceptors (Lipinski definition) is 7. The normalized spacial score (nSPS) is 14.6. The van der Waals surface area contributed by atoms with Gasteiger partial charge in [0.25, 0.3) is 5.89 Å². The van der Waals surface area contributed by atoms with Gasteiger partial charge >= 0.3 is 0 Å². The number of nitrogens with zero attached hydrogens (tertiary/aromatic N) is 5. The molecular weight excluding hydrogens is 416 g/mol. The number of aromatic nitrogens is 3. The first-order valence-electron chi connectivity index (χ1n) is 11.5. The van der Waals surface area contributed by atoms with Gasteiger partial charge < -0.3 is 19.6 Å². The molecule has 0 bridgehead atoms. The highest BCUT2D eigenvalue weighted by Crippen LogP contribution is 2.32. The summed E-state index contributed by atoms with van der Waals surface area (Å²) < 4.78 is 5.61. The van der Waals surface area contributed by atoms with Crippen LogP contribution in [0.4, 0.5) is 5.82 Å². The maximum Gasteiger partial charge on any atom is 0.261 e. The van der Waals surface area contributed by atoms with Crippen molar-refractivity contribution in [1.82, 2.24) is 25.3 Å². The first kappa shape index (κ1) is 22.9. The van der Waals surface area contributed by atoms with E-state index in [2.05, 4.69) is 30.2 Å². The molecule has 1 aromatic carbocycles. The molecule has 1 amide bonds. The van der Waals surface area contributed by atoms with E-state index in [1.807, 2.05) is 57.4 Å². The maximum atomic E-state index is 12.5. The van der Waals surface area contributed by atoms with Crippen LogP contribution in [0.25, 0.3) is 22.8 Å². The molecule has 3 heterocycles. The Morgan fingerprint density at radius 3 is 2.79 bits per heavy atom. The molecule has 0 aliphatic carbocycles. The third-order valence-electron chi connectivity index (χ3n) is 5.97. The van der Waals surface area contributed by atoms with Crippen molar-refractivity contribution < 1.29 is 9.32 Å². The van der Waals surface area contributed by atoms with E-state index in [4.69, 9.17) is 4.52 Å². The zero-order chi connectivity index (χ0) is 23.2. The highest BCUT2D eigenvalue weighted by atomic mass is 16.5. The lowest BCUT2D eigenvalue weighted by Crippen LogP contribution is -2.41. The molecule has 174 valence electrons. The van der Waals surface area contributed by atoms with Gasteiger partial charge in [-0.2, -0.15) is 4.98 Å². The lowest BCUT2D eigenvalue weighted by atomic mass is 9.95. The molecule has 1 saturated heterocycles. The summed E-state index contributed by atoms with van der Waals surface area (Å²) in [4.78, 5) is 26.1. The van der Waals surface area contributed by atoms with Crippen molar-refractivity contribution in [3.05, 3.63) is 48.2 Å². The molecule has 0 spiro atoms. The molecule has 2 aromatic heterocycles. The van der Waals surface area contributed by atoms with Crippen LogP contribution in [0.2, 0.25) is 0 Å². The van der Waals surface area contributed by atoms with E-state index in [0.29, 0.717) is 11.7 Å². The number of piperidine rings is 1. The largest absolute Gasteiger partial charge is 0.356 e. The van der Waals surface area contributed by atoms with Crippen LogP contribution in [0.5, 0.6) is 0 Å². The van der Waals surface area contributed by atoms with Gasteiger partial charge in [-0.1, -0.05) is 28.9 Å². The fourth-order valence-corrected chi connectivity index (χ4v) is 4.15. The molecule has 0 saturated carbocycles. The quantitative estimate of drug-likeness (QED) is 0.529. The number of pyridine rings is 1. The molecule has 8 heteroatoms. The second-order valence-electron chi connectivity index (χ2n) is 8.88. The highest BCUT2D eigenvalue weighted by Gasteiger charge is 2.27. The van der Waals surface area contributed by atoms with Gasteiger partial charge in [-0.05, 0) is 65.0 Å². The van der Waals surface area contributed by atoms with Crippen molar-refractivity contribution in [1.29, 1.82) is 0 Å². The fourth-order valence-electron chi connectivity index (χ4n) is 4.15. The van der Waals surface area contributed by atoms with E-state index in [1.165, 1.54) is 0 Å². The summed E-state index contributed by atoms with van der Waals surface area (Å²) in [5, 5.41) is 7.27. The van der Waals surface area contributed by atoms with Crippen LogP contribution in [0, 0.1) is 12.8 Å². The third kappa shape index (κ3) is 5.76. The van der Waals surface area contributed by atoms with E-state index >= 15 is 0 Å². The molecule has 1 aliphatic heterocycles. The Morgan fingerprint density at radius 1 is 1.21 bits per heavy atom. The Hall–Kier alpha value is -3.26. The van der Waals surface area contributed by atoms with Gasteiger partial charge in [0, 0.05) is 37.3 Å². The van der Waals surface area contributed by atoms with Gasteiger partial charge in [-0.25, -0.2) is 4.98 Å². The number of carbonyl (C=O) groups is 1. The van der Waals surface area contributed by atoms with Crippen molar-refractivity contribution in [2.45, 2.75) is 26.2 Å². The summed E-state index contributed by atoms with van der Waals surface area (Å²) in [6, 6.07) is 11.9. The minimum Gasteiger partial charge on any atom is -0.356 e. The number of aryl methyl sites for hydroxylation is 1. The predicted octanol–water partition coefficient (Wildman–Crippen LogP) is 3.39. The molecule has 1 N–H and O–H groups in total. The SMILES string of the molecule is Cc1cccc(-c2noc(-c3cccnc3N3CCC(C(=O)NCCCN(C)C)CC3)n2)c1. The summed E-state index contributed by atoms with van der Waals surface area (Å²) in [5.74, 6) is 2.05. The topological polar surface area (TPSA) is 87.4 Å². The fraction of sp³-hybridized carbons (Fsp3) is 0.440. The summed E-state index contributed by atoms with van der Waals surface area (Å²) in [7, 11) is 4.09. The molecule has 1 fully saturated rings. The molecular formula is C25H32N6O2. The molecule has 0 radical (unpaired) electrons. The first-order valence-corrected chi connectivity index (χ1v) is 11.5. The van der Waals surface area contributed by atoms with E-state index in [9.17, 15) is 4.79 Å². The molecule has 0 atom stereocenters. The zero-order valence-electron chi connectivity index (χ0n) is 19.6. The molecule has 3 aromatic rings. The van der Waals surface area contributed by atoms with Gasteiger partial charge in [0.15, 0.2) is 0 Å². The summed E-state index contributed by atoms with van der Waals surface area (Å²) in [5.41, 5.74) is 2.88. The monoisotopic (exact) mass is 448 g/mol. The van der Waals surface area contributed by atoms with Crippen molar-refractivity contribution in [2.75, 3.05) is 45.2 Å². The highest BCUT2D eigenvalue weighted by molar-refractivity contribution is 5.79. The Morgan fingerprint density at radius 2 is 2.03 bits per heavy atom. The molecule has 1 aliphatic rings. The second kappa shape index (κ2) is 10.6. The van der Waals surface area contributed by atoms with Crippen molar-refractivity contribution in [3.63, 3.8) is 0 Å². The number of rotatable bonds is 8. The average molecular weight is 449 g/mol. The number of hydrogen-bond donors (Lipinski definition) is 1. The third-order valence-corrected chi connectivity index (χ3v) is 5.97. The van der Waals surface area contributed by atoms with Crippen LogP contribution >= 0.6 is 0 Å². The minimum absolute atomic E-state index is 0.0455. The number of nitrogens with one attached hydrogen (secondary N) is 1. The minimum atomic E-state index is 0.0455. The van der Waals surface area contributed by atoms with Crippen LogP contribution < -0.4 is 10.2 Å². The first-order chi connectivity index (χ1) is 16.0. The van der Waals surface area contributed by atoms with Crippen LogP contribution in [0.15, 0.2) is 47.1 Å². The molecule has 4 rings (SSSR count). The van der Waals surface area contributed by atoms with Gasteiger partial charge in [0.2, 0.25) is 11.7 Å². The maximum absolute atomic E-state index is 12.5. The number of anilines is 1. The van der Waals surface area contributed by atoms with E-state index in [-0.39, 0.29) is 11.8 Å². The van der Waals surface area contributed by atoms with Crippen molar-refractivity contribution >= 4 is 11.7 Å². The van der Waals surface area contributed by atoms with Crippen molar-refractivity contribution in [2.24, 2.45) is 5.92 Å². The summed E-state index contributed by atoms with van der Waals surface area (Å²) >= 11 is 0. The van der Waals surface area contributed by atoms with Crippen LogP contribution in [-0.2, 0) is 4.79 Å². The van der Waals surface area contributed by atoms with E-state index in [0.717, 1.165) is 67.9 Å². The molecule has 0 unspecified atom stereocenters. The number of benzene rings is 1. The number of carbonyl (C=O) groups excluding carboxylic acids is 1. The summed E-state index contributed by atoms with van der Waals surface area (Å²) in [6.45, 7) is 5.26. The Balaban J connectivity index is 1.40. The average Bonchev–Trinajstić information content (AvgIpc) is 3.32. The smallest absolute Gasteiger partial charge is 0.261 e. The number of amides is 1. The Kier molecular flexibility index (Phi) is 7.34. The van der Waals surface area contributed by atoms with E-state index in [1.54, 1.807) is 6.20 Å². The lowest BCUT2D eigenvalue weighted by molar-refractivity contribution is -0.125. The summed E-state index contributed by atoms with van der Waals surface area (Å²) in [6.07, 6.45) is 4.34. The molecule has 8 nitrogen and oxygen atoms in total. The second-order valence-corrected chi connectivity index (χ2v) is 8.88. The van der Waals surface area contributed by atoms with Gasteiger partial charge in [0.1, 0.15) is 5.82 Å². The van der Waals surface area contributed by atoms with Gasteiger partial charge in [-0.15, -0.1) is 0 Å². The zero-order valence-corrected chi connectivity index (χ0v) is 19.6. The van der Waals surface area contributed by atoms with E-state index < -0.39 is 0 Å². The van der Waals surface area contributed by atoms with Gasteiger partial charge in [-0.3, -0.25) is 4.79 Å². The van der Waals surface area contributed by atoms with Crippen molar-refractivity contribution in [3.8, 4) is 22.8 Å². The standard InChI is InChI=1S/C25H32N6O2/c1-18-7-4-8-20(17-18)22-28-25(33-29-22)21-9-5-12-26-23(21)31-15-10-19(11-16-31)24(32)27-13-6-14-30(2)3/h4-5,7-9,12,17,19H,6,10-11,13-16H2,1-3H3,(H,27,32). The Bertz CT molecular complexity index is 1070.